The molecule has 1 aromatic carbocycles. The van der Waals surface area contributed by atoms with Gasteiger partial charge in [-0.2, -0.15) is 10.4 Å². The zero-order chi connectivity index (χ0) is 13.7. The van der Waals surface area contributed by atoms with Crippen LogP contribution in [0.1, 0.15) is 17.0 Å². The number of nitrogens with one attached hydrogen (secondary N) is 1. The summed E-state index contributed by atoms with van der Waals surface area (Å²) >= 11 is 0. The van der Waals surface area contributed by atoms with E-state index in [9.17, 15) is 4.39 Å². The van der Waals surface area contributed by atoms with Crippen LogP contribution in [-0.2, 0) is 13.0 Å². The third-order valence-electron chi connectivity index (χ3n) is 2.57. The number of nitriles is 1. The summed E-state index contributed by atoms with van der Waals surface area (Å²) in [7, 11) is 0. The van der Waals surface area contributed by atoms with E-state index in [1.807, 2.05) is 6.07 Å². The van der Waals surface area contributed by atoms with E-state index < -0.39 is 5.82 Å². The molecule has 0 unspecified atom stereocenters. The Hall–Kier alpha value is -2.39. The Morgan fingerprint density at radius 1 is 1.42 bits per heavy atom. The lowest BCUT2D eigenvalue weighted by molar-refractivity contribution is 0.262. The first kappa shape index (κ1) is 13.1. The van der Waals surface area contributed by atoms with Crippen LogP contribution in [0.25, 0.3) is 0 Å². The summed E-state index contributed by atoms with van der Waals surface area (Å²) in [5.74, 6) is 0.0348. The van der Waals surface area contributed by atoms with Crippen molar-refractivity contribution in [3.63, 3.8) is 0 Å². The molecule has 5 nitrogen and oxygen atoms in total. The first-order valence-corrected chi connectivity index (χ1v) is 5.69. The van der Waals surface area contributed by atoms with Gasteiger partial charge in [0.25, 0.3) is 0 Å². The van der Waals surface area contributed by atoms with E-state index in [2.05, 4.69) is 10.2 Å². The Balaban J connectivity index is 1.94. The fourth-order valence-electron chi connectivity index (χ4n) is 1.63. The average molecular weight is 261 g/mol. The molecule has 0 radical (unpaired) electrons. The third-order valence-corrected chi connectivity index (χ3v) is 2.57. The summed E-state index contributed by atoms with van der Waals surface area (Å²) in [6.07, 6.45) is 0.539. The number of ether oxygens (including phenoxy) is 1. The van der Waals surface area contributed by atoms with Crippen LogP contribution in [0.5, 0.6) is 5.75 Å². The first-order valence-electron chi connectivity index (χ1n) is 5.69. The number of aromatic amines is 1. The monoisotopic (exact) mass is 261 g/mol. The van der Waals surface area contributed by atoms with Crippen molar-refractivity contribution in [2.24, 2.45) is 0 Å². The number of nitrogens with zero attached hydrogens (tertiary/aromatic N) is 2. The average Bonchev–Trinajstić information content (AvgIpc) is 2.88. The molecule has 0 aliphatic heterocycles. The number of aromatic nitrogens is 2. The van der Waals surface area contributed by atoms with Gasteiger partial charge in [-0.1, -0.05) is 0 Å². The van der Waals surface area contributed by atoms with Crippen molar-refractivity contribution < 1.29 is 14.2 Å². The van der Waals surface area contributed by atoms with Crippen molar-refractivity contribution in [2.75, 3.05) is 6.61 Å². The molecule has 0 spiro atoms. The number of aliphatic hydroxyl groups excluding tert-OH is 1. The number of hydrogen-bond donors (Lipinski definition) is 2. The summed E-state index contributed by atoms with van der Waals surface area (Å²) < 4.78 is 18.4. The van der Waals surface area contributed by atoms with Crippen molar-refractivity contribution in [2.45, 2.75) is 13.0 Å². The minimum atomic E-state index is -0.413. The maximum atomic E-state index is 13.0. The van der Waals surface area contributed by atoms with Crippen LogP contribution < -0.4 is 4.74 Å². The molecular formula is C13H12FN3O2. The van der Waals surface area contributed by atoms with E-state index in [1.54, 1.807) is 6.07 Å². The van der Waals surface area contributed by atoms with Crippen molar-refractivity contribution in [3.8, 4) is 11.8 Å². The number of halogens is 1. The molecule has 0 fully saturated rings. The van der Waals surface area contributed by atoms with Gasteiger partial charge < -0.3 is 9.84 Å². The second-order valence-electron chi connectivity index (χ2n) is 3.90. The maximum Gasteiger partial charge on any atom is 0.162 e. The fraction of sp³-hybridized carbons (Fsp3) is 0.231. The highest BCUT2D eigenvalue weighted by Gasteiger charge is 2.05. The standard InChI is InChI=1S/C13H12FN3O2/c14-10-1-2-13(9(5-10)8-18)19-4-3-11-6-12(7-15)17-16-11/h1-2,5-6,18H,3-4,8H2,(H,16,17). The van der Waals surface area contributed by atoms with Crippen LogP contribution in [0.4, 0.5) is 4.39 Å². The molecule has 0 amide bonds. The van der Waals surface area contributed by atoms with E-state index in [-0.39, 0.29) is 6.61 Å². The van der Waals surface area contributed by atoms with Gasteiger partial charge in [0.2, 0.25) is 0 Å². The van der Waals surface area contributed by atoms with Gasteiger partial charge in [-0.05, 0) is 24.3 Å². The van der Waals surface area contributed by atoms with Crippen molar-refractivity contribution in [3.05, 3.63) is 47.0 Å². The van der Waals surface area contributed by atoms with Gasteiger partial charge in [-0.25, -0.2) is 4.39 Å². The first-order chi connectivity index (χ1) is 9.22. The highest BCUT2D eigenvalue weighted by molar-refractivity contribution is 5.33. The molecule has 0 saturated heterocycles. The predicted molar refractivity (Wildman–Crippen MR) is 64.8 cm³/mol. The van der Waals surface area contributed by atoms with Gasteiger partial charge in [-0.3, -0.25) is 5.10 Å². The lowest BCUT2D eigenvalue weighted by atomic mass is 10.2. The number of rotatable bonds is 5. The Morgan fingerprint density at radius 2 is 2.26 bits per heavy atom. The molecule has 2 rings (SSSR count). The van der Waals surface area contributed by atoms with Crippen LogP contribution in [0.3, 0.4) is 0 Å². The van der Waals surface area contributed by atoms with Crippen LogP contribution in [0.15, 0.2) is 24.3 Å². The highest BCUT2D eigenvalue weighted by atomic mass is 19.1. The van der Waals surface area contributed by atoms with Gasteiger partial charge >= 0.3 is 0 Å². The lowest BCUT2D eigenvalue weighted by Gasteiger charge is -2.09. The lowest BCUT2D eigenvalue weighted by Crippen LogP contribution is -2.04. The van der Waals surface area contributed by atoms with Gasteiger partial charge in [0.05, 0.1) is 13.2 Å². The van der Waals surface area contributed by atoms with Gasteiger partial charge in [-0.15, -0.1) is 0 Å². The van der Waals surface area contributed by atoms with Crippen molar-refractivity contribution >= 4 is 0 Å². The Bertz CT molecular complexity index is 604. The van der Waals surface area contributed by atoms with Gasteiger partial charge in [0.15, 0.2) is 5.69 Å². The molecule has 2 aromatic rings. The topological polar surface area (TPSA) is 81.9 Å². The van der Waals surface area contributed by atoms with E-state index in [4.69, 9.17) is 15.1 Å². The Morgan fingerprint density at radius 3 is 2.95 bits per heavy atom. The second kappa shape index (κ2) is 5.98. The molecule has 1 heterocycles. The number of hydrogen-bond acceptors (Lipinski definition) is 4. The van der Waals surface area contributed by atoms with Crippen molar-refractivity contribution in [1.82, 2.24) is 10.2 Å². The van der Waals surface area contributed by atoms with Gasteiger partial charge in [0, 0.05) is 17.7 Å². The Labute approximate surface area is 109 Å². The van der Waals surface area contributed by atoms with E-state index in [0.717, 1.165) is 5.69 Å². The molecule has 19 heavy (non-hydrogen) atoms. The molecule has 0 saturated carbocycles. The summed E-state index contributed by atoms with van der Waals surface area (Å²) in [4.78, 5) is 0. The van der Waals surface area contributed by atoms with E-state index in [0.29, 0.717) is 30.0 Å². The zero-order valence-electron chi connectivity index (χ0n) is 10.1. The Kier molecular flexibility index (Phi) is 4.11. The summed E-state index contributed by atoms with van der Waals surface area (Å²) in [5, 5.41) is 24.2. The number of aliphatic hydroxyl groups is 1. The van der Waals surface area contributed by atoms with E-state index in [1.165, 1.54) is 18.2 Å². The summed E-state index contributed by atoms with van der Waals surface area (Å²) in [6, 6.07) is 7.55. The fourth-order valence-corrected chi connectivity index (χ4v) is 1.63. The van der Waals surface area contributed by atoms with Crippen LogP contribution >= 0.6 is 0 Å². The SMILES string of the molecule is N#Cc1cc(CCOc2ccc(F)cc2CO)[nH]n1. The molecule has 98 valence electrons. The number of benzene rings is 1. The maximum absolute atomic E-state index is 13.0. The van der Waals surface area contributed by atoms with Crippen molar-refractivity contribution in [1.29, 1.82) is 5.26 Å². The van der Waals surface area contributed by atoms with E-state index >= 15 is 0 Å². The smallest absolute Gasteiger partial charge is 0.162 e. The molecule has 1 aromatic heterocycles. The third kappa shape index (κ3) is 3.30. The van der Waals surface area contributed by atoms with Crippen LogP contribution in [-0.4, -0.2) is 21.9 Å². The molecule has 0 aliphatic carbocycles. The van der Waals surface area contributed by atoms with Crippen LogP contribution in [0, 0.1) is 17.1 Å². The second-order valence-corrected chi connectivity index (χ2v) is 3.90. The highest BCUT2D eigenvalue weighted by Crippen LogP contribution is 2.19. The molecule has 0 atom stereocenters. The summed E-state index contributed by atoms with van der Waals surface area (Å²) in [5.41, 5.74) is 1.51. The van der Waals surface area contributed by atoms with Gasteiger partial charge in [0.1, 0.15) is 17.6 Å². The molecule has 6 heteroatoms. The molecule has 0 bridgehead atoms. The molecule has 2 N–H and O–H groups in total. The minimum absolute atomic E-state index is 0.282. The normalized spacial score (nSPS) is 10.2. The predicted octanol–water partition coefficient (Wildman–Crippen LogP) is 1.53. The molecular weight excluding hydrogens is 249 g/mol. The molecule has 0 aliphatic rings. The van der Waals surface area contributed by atoms with Crippen LogP contribution in [0.2, 0.25) is 0 Å². The number of H-pyrrole nitrogens is 1. The zero-order valence-corrected chi connectivity index (χ0v) is 10.1. The largest absolute Gasteiger partial charge is 0.493 e. The summed E-state index contributed by atoms with van der Waals surface area (Å²) in [6.45, 7) is 0.0570. The minimum Gasteiger partial charge on any atom is -0.493 e. The quantitative estimate of drug-likeness (QED) is 0.855.